The number of nitrogens with one attached hydrogen (secondary N) is 2. The Bertz CT molecular complexity index is 652. The standard InChI is InChI=1S/C17H28N6S/c1-17(2,23-7-5-4-6-8-23)13-20-15(18-3)19-11-14-12-22-9-10-24-16(22)21-14/h9-10,12H,4-8,11,13H2,1-3H3,(H2,18,19,20). The SMILES string of the molecule is CN=C(NCc1cn2ccsc2n1)NCC(C)(C)N1CCCCC1. The molecule has 0 spiro atoms. The summed E-state index contributed by atoms with van der Waals surface area (Å²) >= 11 is 1.65. The lowest BCUT2D eigenvalue weighted by atomic mass is 9.98. The van der Waals surface area contributed by atoms with Crippen molar-refractivity contribution in [2.75, 3.05) is 26.7 Å². The summed E-state index contributed by atoms with van der Waals surface area (Å²) in [6, 6.07) is 0. The molecule has 7 heteroatoms. The first-order valence-electron chi connectivity index (χ1n) is 8.69. The Balaban J connectivity index is 1.50. The first kappa shape index (κ1) is 17.2. The van der Waals surface area contributed by atoms with Crippen molar-refractivity contribution < 1.29 is 0 Å². The third kappa shape index (κ3) is 4.08. The van der Waals surface area contributed by atoms with Gasteiger partial charge in [0, 0.05) is 36.9 Å². The maximum atomic E-state index is 4.59. The molecule has 6 nitrogen and oxygen atoms in total. The molecule has 0 amide bonds. The number of thiazole rings is 1. The molecule has 1 aliphatic heterocycles. The lowest BCUT2D eigenvalue weighted by Gasteiger charge is -2.41. The van der Waals surface area contributed by atoms with Crippen molar-refractivity contribution in [1.29, 1.82) is 0 Å². The number of piperidine rings is 1. The highest BCUT2D eigenvalue weighted by Crippen LogP contribution is 2.19. The Morgan fingerprint density at radius 1 is 1.29 bits per heavy atom. The maximum Gasteiger partial charge on any atom is 0.193 e. The van der Waals surface area contributed by atoms with Crippen LogP contribution in [0.25, 0.3) is 4.96 Å². The molecule has 2 N–H and O–H groups in total. The van der Waals surface area contributed by atoms with Crippen molar-refractivity contribution in [3.63, 3.8) is 0 Å². The smallest absolute Gasteiger partial charge is 0.193 e. The van der Waals surface area contributed by atoms with Gasteiger partial charge >= 0.3 is 0 Å². The number of aliphatic imine (C=N–C) groups is 1. The van der Waals surface area contributed by atoms with Gasteiger partial charge in [0.2, 0.25) is 0 Å². The van der Waals surface area contributed by atoms with Crippen LogP contribution in [-0.2, 0) is 6.54 Å². The average Bonchev–Trinajstić information content (AvgIpc) is 3.17. The predicted molar refractivity (Wildman–Crippen MR) is 101 cm³/mol. The summed E-state index contributed by atoms with van der Waals surface area (Å²) in [6.07, 6.45) is 8.08. The van der Waals surface area contributed by atoms with Gasteiger partial charge in [0.25, 0.3) is 0 Å². The molecule has 0 atom stereocenters. The first-order valence-corrected chi connectivity index (χ1v) is 9.57. The molecular formula is C17H28N6S. The number of likely N-dealkylation sites (tertiary alicyclic amines) is 1. The Labute approximate surface area is 148 Å². The molecule has 132 valence electrons. The zero-order valence-corrected chi connectivity index (χ0v) is 15.7. The van der Waals surface area contributed by atoms with Crippen molar-refractivity contribution in [2.45, 2.75) is 45.2 Å². The molecule has 0 saturated carbocycles. The van der Waals surface area contributed by atoms with Crippen LogP contribution in [0.15, 0.2) is 22.8 Å². The number of fused-ring (bicyclic) bond motifs is 1. The van der Waals surface area contributed by atoms with Crippen LogP contribution in [0.1, 0.15) is 38.8 Å². The molecule has 0 radical (unpaired) electrons. The van der Waals surface area contributed by atoms with Gasteiger partial charge in [-0.3, -0.25) is 14.3 Å². The lowest BCUT2D eigenvalue weighted by Crippen LogP contribution is -2.54. The second kappa shape index (κ2) is 7.53. The van der Waals surface area contributed by atoms with E-state index in [1.165, 1.54) is 32.4 Å². The van der Waals surface area contributed by atoms with Crippen LogP contribution in [0.4, 0.5) is 0 Å². The van der Waals surface area contributed by atoms with E-state index in [1.807, 2.05) is 18.6 Å². The Hall–Kier alpha value is -1.60. The second-order valence-electron chi connectivity index (χ2n) is 6.96. The largest absolute Gasteiger partial charge is 0.355 e. The highest BCUT2D eigenvalue weighted by molar-refractivity contribution is 7.15. The fraction of sp³-hybridized carbons (Fsp3) is 0.647. The summed E-state index contributed by atoms with van der Waals surface area (Å²) in [5, 5.41) is 8.88. The van der Waals surface area contributed by atoms with E-state index in [-0.39, 0.29) is 5.54 Å². The van der Waals surface area contributed by atoms with E-state index in [2.05, 4.69) is 50.0 Å². The number of aromatic nitrogens is 2. The van der Waals surface area contributed by atoms with Gasteiger partial charge in [0.05, 0.1) is 12.2 Å². The highest BCUT2D eigenvalue weighted by atomic mass is 32.1. The Morgan fingerprint density at radius 2 is 2.08 bits per heavy atom. The van der Waals surface area contributed by atoms with Gasteiger partial charge in [-0.05, 0) is 39.8 Å². The Morgan fingerprint density at radius 3 is 2.79 bits per heavy atom. The monoisotopic (exact) mass is 348 g/mol. The van der Waals surface area contributed by atoms with Gasteiger partial charge in [-0.15, -0.1) is 11.3 Å². The van der Waals surface area contributed by atoms with Crippen molar-refractivity contribution in [2.24, 2.45) is 4.99 Å². The number of rotatable bonds is 5. The molecule has 1 aliphatic rings. The van der Waals surface area contributed by atoms with Crippen LogP contribution in [-0.4, -0.2) is 52.5 Å². The number of hydrogen-bond donors (Lipinski definition) is 2. The molecule has 0 aliphatic carbocycles. The third-order valence-corrected chi connectivity index (χ3v) is 5.47. The van der Waals surface area contributed by atoms with Crippen LogP contribution in [0.5, 0.6) is 0 Å². The molecular weight excluding hydrogens is 320 g/mol. The van der Waals surface area contributed by atoms with Gasteiger partial charge in [-0.25, -0.2) is 4.98 Å². The zero-order valence-electron chi connectivity index (χ0n) is 14.9. The van der Waals surface area contributed by atoms with Crippen LogP contribution in [0.2, 0.25) is 0 Å². The predicted octanol–water partition coefficient (Wildman–Crippen LogP) is 2.33. The van der Waals surface area contributed by atoms with Gasteiger partial charge in [0.15, 0.2) is 10.9 Å². The summed E-state index contributed by atoms with van der Waals surface area (Å²) in [5.74, 6) is 0.830. The summed E-state index contributed by atoms with van der Waals surface area (Å²) in [5.41, 5.74) is 1.16. The molecule has 0 aromatic carbocycles. The molecule has 3 heterocycles. The number of hydrogen-bond acceptors (Lipinski definition) is 4. The minimum Gasteiger partial charge on any atom is -0.355 e. The van der Waals surface area contributed by atoms with E-state index in [0.29, 0.717) is 6.54 Å². The quantitative estimate of drug-likeness (QED) is 0.643. The van der Waals surface area contributed by atoms with Gasteiger partial charge in [-0.1, -0.05) is 6.42 Å². The van der Waals surface area contributed by atoms with Crippen LogP contribution >= 0.6 is 11.3 Å². The normalized spacial score (nSPS) is 17.4. The number of nitrogens with zero attached hydrogens (tertiary/aromatic N) is 4. The molecule has 2 aromatic heterocycles. The Kier molecular flexibility index (Phi) is 5.40. The molecule has 2 aromatic rings. The van der Waals surface area contributed by atoms with Crippen LogP contribution in [0, 0.1) is 0 Å². The van der Waals surface area contributed by atoms with Crippen molar-refractivity contribution in [1.82, 2.24) is 24.9 Å². The summed E-state index contributed by atoms with van der Waals surface area (Å²) in [7, 11) is 1.81. The summed E-state index contributed by atoms with van der Waals surface area (Å²) < 4.78 is 2.05. The molecule has 3 rings (SSSR count). The second-order valence-corrected chi connectivity index (χ2v) is 7.84. The van der Waals surface area contributed by atoms with E-state index >= 15 is 0 Å². The zero-order chi connectivity index (χ0) is 17.0. The van der Waals surface area contributed by atoms with Crippen LogP contribution in [0.3, 0.4) is 0 Å². The van der Waals surface area contributed by atoms with E-state index in [1.54, 1.807) is 11.3 Å². The minimum absolute atomic E-state index is 0.134. The average molecular weight is 349 g/mol. The molecule has 1 saturated heterocycles. The van der Waals surface area contributed by atoms with E-state index in [9.17, 15) is 0 Å². The van der Waals surface area contributed by atoms with E-state index in [4.69, 9.17) is 0 Å². The number of imidazole rings is 1. The van der Waals surface area contributed by atoms with E-state index < -0.39 is 0 Å². The van der Waals surface area contributed by atoms with Crippen molar-refractivity contribution in [3.8, 4) is 0 Å². The molecule has 24 heavy (non-hydrogen) atoms. The topological polar surface area (TPSA) is 57.0 Å². The lowest BCUT2D eigenvalue weighted by molar-refractivity contribution is 0.0982. The summed E-state index contributed by atoms with van der Waals surface area (Å²) in [4.78, 5) is 12.5. The van der Waals surface area contributed by atoms with Crippen molar-refractivity contribution in [3.05, 3.63) is 23.5 Å². The van der Waals surface area contributed by atoms with Gasteiger partial charge < -0.3 is 10.6 Å². The van der Waals surface area contributed by atoms with Gasteiger partial charge in [-0.2, -0.15) is 0 Å². The fourth-order valence-corrected chi connectivity index (χ4v) is 3.89. The fourth-order valence-electron chi connectivity index (χ4n) is 3.17. The van der Waals surface area contributed by atoms with E-state index in [0.717, 1.165) is 23.2 Å². The third-order valence-electron chi connectivity index (χ3n) is 4.70. The van der Waals surface area contributed by atoms with Gasteiger partial charge in [0.1, 0.15) is 0 Å². The first-order chi connectivity index (χ1) is 11.6. The molecule has 0 unspecified atom stereocenters. The molecule has 0 bridgehead atoms. The minimum atomic E-state index is 0.134. The molecule has 1 fully saturated rings. The maximum absolute atomic E-state index is 4.59. The summed E-state index contributed by atoms with van der Waals surface area (Å²) in [6.45, 7) is 8.57. The van der Waals surface area contributed by atoms with Crippen LogP contribution < -0.4 is 10.6 Å². The van der Waals surface area contributed by atoms with Crippen molar-refractivity contribution >= 4 is 22.3 Å². The number of guanidine groups is 1. The highest BCUT2D eigenvalue weighted by Gasteiger charge is 2.27.